The van der Waals surface area contributed by atoms with Gasteiger partial charge in [-0.05, 0) is 42.8 Å². The molecule has 1 heterocycles. The van der Waals surface area contributed by atoms with Gasteiger partial charge in [-0.15, -0.1) is 13.2 Å². The minimum atomic E-state index is -4.77. The molecule has 0 spiro atoms. The first kappa shape index (κ1) is 19.7. The van der Waals surface area contributed by atoms with Crippen LogP contribution in [0.2, 0.25) is 0 Å². The molecule has 0 amide bonds. The van der Waals surface area contributed by atoms with Gasteiger partial charge in [-0.3, -0.25) is 0 Å². The van der Waals surface area contributed by atoms with Crippen molar-refractivity contribution in [2.24, 2.45) is 0 Å². The fourth-order valence-electron chi connectivity index (χ4n) is 2.50. The summed E-state index contributed by atoms with van der Waals surface area (Å²) in [6.07, 6.45) is -4.77. The predicted octanol–water partition coefficient (Wildman–Crippen LogP) is 4.61. The molecule has 0 atom stereocenters. The topological polar surface area (TPSA) is 76.8 Å². The zero-order chi connectivity index (χ0) is 20.1. The number of rotatable bonds is 7. The van der Waals surface area contributed by atoms with E-state index < -0.39 is 6.36 Å². The largest absolute Gasteiger partial charge is 0.573 e. The maximum atomic E-state index is 12.4. The molecule has 0 unspecified atom stereocenters. The highest BCUT2D eigenvalue weighted by Gasteiger charge is 2.31. The summed E-state index contributed by atoms with van der Waals surface area (Å²) in [5.41, 5.74) is 3.77. The predicted molar refractivity (Wildman–Crippen MR) is 92.8 cm³/mol. The van der Waals surface area contributed by atoms with Crippen LogP contribution in [0, 0.1) is 6.92 Å². The van der Waals surface area contributed by atoms with E-state index in [1.54, 1.807) is 31.2 Å². The van der Waals surface area contributed by atoms with Gasteiger partial charge in [0, 0.05) is 12.1 Å². The van der Waals surface area contributed by atoms with Crippen LogP contribution in [0.25, 0.3) is 11.5 Å². The third-order valence-electron chi connectivity index (χ3n) is 3.76. The Bertz CT molecular complexity index is 941. The molecule has 3 rings (SSSR count). The molecule has 0 saturated heterocycles. The van der Waals surface area contributed by atoms with Crippen molar-refractivity contribution in [2.45, 2.75) is 26.4 Å². The fourth-order valence-corrected chi connectivity index (χ4v) is 2.50. The quantitative estimate of drug-likeness (QED) is 0.570. The lowest BCUT2D eigenvalue weighted by atomic mass is 10.2. The molecule has 0 saturated carbocycles. The van der Waals surface area contributed by atoms with Crippen molar-refractivity contribution in [3.63, 3.8) is 0 Å². The molecular weight excluding hydrogens is 377 g/mol. The Labute approximate surface area is 158 Å². The Morgan fingerprint density at radius 1 is 1.11 bits per heavy atom. The van der Waals surface area contributed by atoms with Crippen molar-refractivity contribution in [2.75, 3.05) is 0 Å². The molecule has 0 aliphatic rings. The highest BCUT2D eigenvalue weighted by molar-refractivity contribution is 5.56. The summed E-state index contributed by atoms with van der Waals surface area (Å²) < 4.78 is 52.3. The molecule has 3 aromatic rings. The zero-order valence-electron chi connectivity index (χ0n) is 14.8. The Balaban J connectivity index is 1.73. The first-order valence-corrected chi connectivity index (χ1v) is 8.25. The number of hydrogen-bond acceptors (Lipinski definition) is 6. The van der Waals surface area contributed by atoms with E-state index in [9.17, 15) is 13.2 Å². The van der Waals surface area contributed by atoms with Crippen molar-refractivity contribution < 1.29 is 32.3 Å². The van der Waals surface area contributed by atoms with Gasteiger partial charge in [0.1, 0.15) is 29.6 Å². The molecule has 2 aromatic carbocycles. The van der Waals surface area contributed by atoms with Gasteiger partial charge < -0.3 is 19.1 Å². The highest BCUT2D eigenvalue weighted by Crippen LogP contribution is 2.29. The third-order valence-corrected chi connectivity index (χ3v) is 3.76. The van der Waals surface area contributed by atoms with Crippen LogP contribution >= 0.6 is 0 Å². The van der Waals surface area contributed by atoms with Crippen molar-refractivity contribution >= 4 is 0 Å². The van der Waals surface area contributed by atoms with Crippen LogP contribution in [0.4, 0.5) is 13.2 Å². The van der Waals surface area contributed by atoms with E-state index in [-0.39, 0.29) is 24.8 Å². The van der Waals surface area contributed by atoms with Gasteiger partial charge in [0.2, 0.25) is 5.89 Å². The number of aryl methyl sites for hydroxylation is 1. The van der Waals surface area contributed by atoms with Crippen LogP contribution in [-0.2, 0) is 13.2 Å². The minimum absolute atomic E-state index is 0.115. The standard InChI is InChI=1S/C19H17F3N2O4/c1-12-17(11-26-15-6-2-4-13(8-15)10-23-25)24-18(27-12)14-5-3-7-16(9-14)28-19(20,21)22/h2-9,23,25H,10-11H2,1H3. The van der Waals surface area contributed by atoms with E-state index in [4.69, 9.17) is 14.4 Å². The second kappa shape index (κ2) is 8.32. The Kier molecular flexibility index (Phi) is 5.86. The number of hydroxylamine groups is 1. The molecule has 0 radical (unpaired) electrons. The van der Waals surface area contributed by atoms with Gasteiger partial charge in [0.15, 0.2) is 0 Å². The smallest absolute Gasteiger partial charge is 0.487 e. The number of aromatic nitrogens is 1. The molecular formula is C19H17F3N2O4. The van der Waals surface area contributed by atoms with Gasteiger partial charge in [0.25, 0.3) is 0 Å². The summed E-state index contributed by atoms with van der Waals surface area (Å²) in [4.78, 5) is 4.31. The second-order valence-corrected chi connectivity index (χ2v) is 5.87. The minimum Gasteiger partial charge on any atom is -0.487 e. The first-order chi connectivity index (χ1) is 13.3. The number of hydrogen-bond donors (Lipinski definition) is 2. The van der Waals surface area contributed by atoms with Crippen LogP contribution in [0.15, 0.2) is 52.9 Å². The lowest BCUT2D eigenvalue weighted by Crippen LogP contribution is -2.17. The summed E-state index contributed by atoms with van der Waals surface area (Å²) in [5, 5.41) is 8.76. The summed E-state index contributed by atoms with van der Waals surface area (Å²) in [7, 11) is 0. The Morgan fingerprint density at radius 3 is 2.61 bits per heavy atom. The number of nitrogens with one attached hydrogen (secondary N) is 1. The van der Waals surface area contributed by atoms with Gasteiger partial charge >= 0.3 is 6.36 Å². The lowest BCUT2D eigenvalue weighted by Gasteiger charge is -2.08. The molecule has 0 fully saturated rings. The third kappa shape index (κ3) is 5.24. The molecule has 1 aromatic heterocycles. The van der Waals surface area contributed by atoms with Crippen LogP contribution in [0.1, 0.15) is 17.0 Å². The number of nitrogens with zero attached hydrogens (tertiary/aromatic N) is 1. The van der Waals surface area contributed by atoms with Crippen molar-refractivity contribution in [1.29, 1.82) is 0 Å². The highest BCUT2D eigenvalue weighted by atomic mass is 19.4. The fraction of sp³-hybridized carbons (Fsp3) is 0.211. The molecule has 0 aliphatic carbocycles. The van der Waals surface area contributed by atoms with E-state index in [2.05, 4.69) is 15.2 Å². The van der Waals surface area contributed by atoms with E-state index in [0.717, 1.165) is 5.56 Å². The summed E-state index contributed by atoms with van der Waals surface area (Å²) in [6.45, 7) is 2.09. The molecule has 0 bridgehead atoms. The van der Waals surface area contributed by atoms with E-state index in [1.807, 2.05) is 6.07 Å². The van der Waals surface area contributed by atoms with Crippen LogP contribution in [-0.4, -0.2) is 16.6 Å². The maximum Gasteiger partial charge on any atom is 0.573 e. The maximum absolute atomic E-state index is 12.4. The number of oxazole rings is 1. The normalized spacial score (nSPS) is 11.5. The average molecular weight is 394 g/mol. The van der Waals surface area contributed by atoms with E-state index >= 15 is 0 Å². The molecule has 9 heteroatoms. The second-order valence-electron chi connectivity index (χ2n) is 5.87. The SMILES string of the molecule is Cc1oc(-c2cccc(OC(F)(F)F)c2)nc1COc1cccc(CNO)c1. The molecule has 0 aliphatic heterocycles. The van der Waals surface area contributed by atoms with Gasteiger partial charge in [-0.1, -0.05) is 18.2 Å². The lowest BCUT2D eigenvalue weighted by molar-refractivity contribution is -0.274. The van der Waals surface area contributed by atoms with Gasteiger partial charge in [-0.2, -0.15) is 0 Å². The monoisotopic (exact) mass is 394 g/mol. The van der Waals surface area contributed by atoms with Gasteiger partial charge in [-0.25, -0.2) is 10.5 Å². The van der Waals surface area contributed by atoms with Crippen LogP contribution in [0.3, 0.4) is 0 Å². The van der Waals surface area contributed by atoms with E-state index in [0.29, 0.717) is 22.8 Å². The van der Waals surface area contributed by atoms with Crippen LogP contribution < -0.4 is 15.0 Å². The van der Waals surface area contributed by atoms with Gasteiger partial charge in [0.05, 0.1) is 0 Å². The molecule has 6 nitrogen and oxygen atoms in total. The number of ether oxygens (including phenoxy) is 2. The first-order valence-electron chi connectivity index (χ1n) is 8.25. The molecule has 148 valence electrons. The Hall–Kier alpha value is -3.04. The number of halogens is 3. The van der Waals surface area contributed by atoms with Crippen molar-refractivity contribution in [3.05, 3.63) is 65.5 Å². The zero-order valence-corrected chi connectivity index (χ0v) is 14.8. The molecule has 2 N–H and O–H groups in total. The Morgan fingerprint density at radius 2 is 1.86 bits per heavy atom. The van der Waals surface area contributed by atoms with E-state index in [1.165, 1.54) is 18.2 Å². The average Bonchev–Trinajstić information content (AvgIpc) is 3.00. The number of benzene rings is 2. The summed E-state index contributed by atoms with van der Waals surface area (Å²) in [5.74, 6) is 0.887. The van der Waals surface area contributed by atoms with Crippen LogP contribution in [0.5, 0.6) is 11.5 Å². The van der Waals surface area contributed by atoms with Crippen molar-refractivity contribution in [3.8, 4) is 23.0 Å². The summed E-state index contributed by atoms with van der Waals surface area (Å²) >= 11 is 0. The molecule has 28 heavy (non-hydrogen) atoms. The number of alkyl halides is 3. The summed E-state index contributed by atoms with van der Waals surface area (Å²) in [6, 6.07) is 12.5. The van der Waals surface area contributed by atoms with Crippen molar-refractivity contribution in [1.82, 2.24) is 10.5 Å².